The van der Waals surface area contributed by atoms with E-state index in [1.807, 2.05) is 24.3 Å². The van der Waals surface area contributed by atoms with Crippen LogP contribution in [0, 0.1) is 0 Å². The summed E-state index contributed by atoms with van der Waals surface area (Å²) in [4.78, 5) is 23.9. The largest absolute Gasteiger partial charge is 0.573 e. The molecule has 4 aromatic rings. The summed E-state index contributed by atoms with van der Waals surface area (Å²) < 4.78 is 49.8. The zero-order chi connectivity index (χ0) is 29.4. The van der Waals surface area contributed by atoms with Crippen LogP contribution in [0.5, 0.6) is 5.75 Å². The molecule has 2 aromatic carbocycles. The predicted octanol–water partition coefficient (Wildman–Crippen LogP) is 2.51. The lowest BCUT2D eigenvalue weighted by molar-refractivity contribution is -0.274. The molecule has 11 nitrogen and oxygen atoms in total. The van der Waals surface area contributed by atoms with Crippen molar-refractivity contribution in [2.75, 3.05) is 26.2 Å². The van der Waals surface area contributed by atoms with E-state index in [0.29, 0.717) is 46.6 Å². The Hall–Kier alpha value is -4.40. The zero-order valence-electron chi connectivity index (χ0n) is 22.1. The third-order valence-electron chi connectivity index (χ3n) is 5.90. The van der Waals surface area contributed by atoms with Crippen molar-refractivity contribution in [2.45, 2.75) is 25.9 Å². The molecule has 41 heavy (non-hydrogen) atoms. The van der Waals surface area contributed by atoms with Gasteiger partial charge in [-0.1, -0.05) is 12.1 Å². The fourth-order valence-electron chi connectivity index (χ4n) is 4.12. The highest BCUT2D eigenvalue weighted by Crippen LogP contribution is 2.31. The van der Waals surface area contributed by atoms with Crippen LogP contribution in [0.3, 0.4) is 0 Å². The highest BCUT2D eigenvalue weighted by Gasteiger charge is 2.31. The Morgan fingerprint density at radius 1 is 1.10 bits per heavy atom. The minimum absolute atomic E-state index is 0.0475. The molecule has 0 aliphatic rings. The second-order valence-electron chi connectivity index (χ2n) is 9.14. The summed E-state index contributed by atoms with van der Waals surface area (Å²) >= 11 is 0. The van der Waals surface area contributed by atoms with Crippen LogP contribution >= 0.6 is 0 Å². The highest BCUT2D eigenvalue weighted by atomic mass is 19.4. The van der Waals surface area contributed by atoms with Crippen molar-refractivity contribution in [3.8, 4) is 22.7 Å². The van der Waals surface area contributed by atoms with Crippen molar-refractivity contribution in [1.82, 2.24) is 19.9 Å². The van der Waals surface area contributed by atoms with E-state index in [9.17, 15) is 18.0 Å². The monoisotopic (exact) mass is 572 g/mol. The Bertz CT molecular complexity index is 1540. The predicted molar refractivity (Wildman–Crippen MR) is 150 cm³/mol. The van der Waals surface area contributed by atoms with Gasteiger partial charge in [0.25, 0.3) is 0 Å². The molecular weight excluding hydrogens is 541 g/mol. The number of H-pyrrole nitrogens is 1. The van der Waals surface area contributed by atoms with E-state index >= 15 is 0 Å². The molecule has 14 heteroatoms. The first kappa shape index (κ1) is 29.6. The fourth-order valence-corrected chi connectivity index (χ4v) is 4.12. The summed E-state index contributed by atoms with van der Waals surface area (Å²) in [6.07, 6.45) is -2.44. The topological polar surface area (TPSA) is 172 Å². The Labute approximate surface area is 233 Å². The number of benzene rings is 2. The van der Waals surface area contributed by atoms with E-state index in [1.165, 1.54) is 16.7 Å². The molecule has 0 unspecified atom stereocenters. The summed E-state index contributed by atoms with van der Waals surface area (Å²) in [6.45, 7) is 2.49. The number of nitrogens with two attached hydrogens (primary N) is 3. The summed E-state index contributed by atoms with van der Waals surface area (Å²) in [7, 11) is 0. The van der Waals surface area contributed by atoms with Gasteiger partial charge in [-0.25, -0.2) is 4.79 Å². The van der Waals surface area contributed by atoms with E-state index in [4.69, 9.17) is 21.9 Å². The second kappa shape index (κ2) is 13.3. The molecule has 218 valence electrons. The summed E-state index contributed by atoms with van der Waals surface area (Å²) in [6, 6.07) is 13.3. The van der Waals surface area contributed by atoms with E-state index in [-0.39, 0.29) is 25.7 Å². The van der Waals surface area contributed by atoms with Gasteiger partial charge in [0.15, 0.2) is 5.96 Å². The van der Waals surface area contributed by atoms with Crippen molar-refractivity contribution >= 4 is 17.0 Å². The fraction of sp³-hybridized carbons (Fsp3) is 0.296. The van der Waals surface area contributed by atoms with E-state index < -0.39 is 17.8 Å². The molecular formula is C27H31F3N8O3. The number of fused-ring (bicyclic) bond motifs is 1. The molecule has 0 bridgehead atoms. The molecule has 0 aliphatic carbocycles. The van der Waals surface area contributed by atoms with Gasteiger partial charge < -0.3 is 37.0 Å². The highest BCUT2D eigenvalue weighted by molar-refractivity contribution is 5.83. The van der Waals surface area contributed by atoms with Crippen LogP contribution in [0.25, 0.3) is 28.0 Å². The first-order valence-corrected chi connectivity index (χ1v) is 12.8. The summed E-state index contributed by atoms with van der Waals surface area (Å²) in [5.74, 6) is -0.321. The minimum Gasteiger partial charge on any atom is -0.406 e. The van der Waals surface area contributed by atoms with Gasteiger partial charge in [-0.2, -0.15) is 4.98 Å². The minimum atomic E-state index is -4.86. The SMILES string of the molecule is NCCOCc1cc(OC(F)(F)F)cc(-c2cc3cn(-c4ccc(CNCCCN=C(N)N)cc4)c(=O)nc3[nH]2)c1. The molecule has 0 saturated carbocycles. The van der Waals surface area contributed by atoms with Gasteiger partial charge in [0.2, 0.25) is 0 Å². The Kier molecular flexibility index (Phi) is 9.60. The normalized spacial score (nSPS) is 11.6. The van der Waals surface area contributed by atoms with Gasteiger partial charge in [-0.15, -0.1) is 13.2 Å². The van der Waals surface area contributed by atoms with Crippen LogP contribution in [-0.4, -0.2) is 53.1 Å². The maximum absolute atomic E-state index is 12.9. The van der Waals surface area contributed by atoms with Gasteiger partial charge in [0, 0.05) is 42.5 Å². The van der Waals surface area contributed by atoms with Crippen LogP contribution < -0.4 is 32.9 Å². The number of hydrogen-bond donors (Lipinski definition) is 5. The van der Waals surface area contributed by atoms with Crippen molar-refractivity contribution in [1.29, 1.82) is 0 Å². The van der Waals surface area contributed by atoms with Gasteiger partial charge >= 0.3 is 12.1 Å². The number of halogens is 3. The number of hydrogen-bond acceptors (Lipinski definition) is 7. The smallest absolute Gasteiger partial charge is 0.406 e. The maximum atomic E-state index is 12.9. The first-order chi connectivity index (χ1) is 19.6. The number of aromatic amines is 1. The third-order valence-corrected chi connectivity index (χ3v) is 5.90. The van der Waals surface area contributed by atoms with Crippen molar-refractivity contribution < 1.29 is 22.6 Å². The molecule has 2 heterocycles. The molecule has 0 spiro atoms. The Morgan fingerprint density at radius 3 is 2.59 bits per heavy atom. The Morgan fingerprint density at radius 2 is 1.88 bits per heavy atom. The van der Waals surface area contributed by atoms with Crippen LogP contribution in [0.2, 0.25) is 0 Å². The number of nitrogens with one attached hydrogen (secondary N) is 2. The molecule has 0 fully saturated rings. The molecule has 0 saturated heterocycles. The third kappa shape index (κ3) is 8.54. The van der Waals surface area contributed by atoms with E-state index in [2.05, 4.69) is 25.0 Å². The quantitative estimate of drug-likeness (QED) is 0.0924. The Balaban J connectivity index is 1.54. The first-order valence-electron chi connectivity index (χ1n) is 12.8. The maximum Gasteiger partial charge on any atom is 0.573 e. The van der Waals surface area contributed by atoms with Crippen LogP contribution in [-0.2, 0) is 17.9 Å². The lowest BCUT2D eigenvalue weighted by atomic mass is 10.1. The molecule has 8 N–H and O–H groups in total. The number of nitrogens with zero attached hydrogens (tertiary/aromatic N) is 3. The number of ether oxygens (including phenoxy) is 2. The number of alkyl halides is 3. The van der Waals surface area contributed by atoms with Crippen LogP contribution in [0.1, 0.15) is 17.5 Å². The number of guanidine groups is 1. The average molecular weight is 573 g/mol. The summed E-state index contributed by atoms with van der Waals surface area (Å²) in [5, 5.41) is 3.89. The van der Waals surface area contributed by atoms with Gasteiger partial charge in [0.05, 0.1) is 18.9 Å². The van der Waals surface area contributed by atoms with Crippen molar-refractivity contribution in [3.05, 3.63) is 76.3 Å². The molecule has 0 radical (unpaired) electrons. The average Bonchev–Trinajstić information content (AvgIpc) is 3.32. The van der Waals surface area contributed by atoms with Gasteiger partial charge in [0.1, 0.15) is 11.4 Å². The molecule has 0 atom stereocenters. The lowest BCUT2D eigenvalue weighted by Gasteiger charge is -2.12. The molecule has 2 aromatic heterocycles. The van der Waals surface area contributed by atoms with Crippen molar-refractivity contribution in [3.63, 3.8) is 0 Å². The van der Waals surface area contributed by atoms with Gasteiger partial charge in [-0.05, 0) is 60.5 Å². The zero-order valence-corrected chi connectivity index (χ0v) is 22.1. The number of rotatable bonds is 13. The number of aromatic nitrogens is 3. The van der Waals surface area contributed by atoms with E-state index in [1.54, 1.807) is 18.3 Å². The summed E-state index contributed by atoms with van der Waals surface area (Å²) in [5.41, 5.74) is 18.8. The molecule has 0 amide bonds. The molecule has 0 aliphatic heterocycles. The van der Waals surface area contributed by atoms with E-state index in [0.717, 1.165) is 18.5 Å². The molecule has 4 rings (SSSR count). The van der Waals surface area contributed by atoms with Crippen LogP contribution in [0.4, 0.5) is 13.2 Å². The number of aliphatic imine (C=N–C) groups is 1. The lowest BCUT2D eigenvalue weighted by Crippen LogP contribution is -2.23. The van der Waals surface area contributed by atoms with Gasteiger partial charge in [-0.3, -0.25) is 9.56 Å². The van der Waals surface area contributed by atoms with Crippen LogP contribution in [0.15, 0.2) is 64.5 Å². The van der Waals surface area contributed by atoms with Crippen molar-refractivity contribution in [2.24, 2.45) is 22.2 Å². The second-order valence-corrected chi connectivity index (χ2v) is 9.14. The standard InChI is InChI=1S/C27H31F3N8O3/c28-27(29,30)41-22-11-18(16-40-9-6-31)10-19(12-22)23-13-20-15-38(26(39)37-24(20)36-23)21-4-2-17(3-5-21)14-34-7-1-8-35-25(32)33/h2-5,10-13,15,34H,1,6-9,14,16,31H2,(H4,32,33,35)(H,36,37,39).